The summed E-state index contributed by atoms with van der Waals surface area (Å²) in [5.41, 5.74) is 0.761. The van der Waals surface area contributed by atoms with Gasteiger partial charge in [0.05, 0.1) is 41.3 Å². The predicted octanol–water partition coefficient (Wildman–Crippen LogP) is 6.00. The number of fused-ring (bicyclic) bond motifs is 1. The number of carbonyl (C=O) groups is 1. The lowest BCUT2D eigenvalue weighted by molar-refractivity contribution is -0.139. The van der Waals surface area contributed by atoms with Crippen LogP contribution in [0.25, 0.3) is 10.2 Å². The molecule has 3 aromatic rings. The second-order valence-electron chi connectivity index (χ2n) is 11.0. The molecule has 0 saturated heterocycles. The summed E-state index contributed by atoms with van der Waals surface area (Å²) < 4.78 is 39.3. The molecule has 1 aromatic carbocycles. The first-order chi connectivity index (χ1) is 16.6. The SMILES string of the molecule is COC(=O)Cc1csc(C(C)(C)C(CCS(=O)(=O)c2nc3ccccc3s2)O[Si](C)(C)C(C)(C)C)n1. The zero-order chi connectivity index (χ0) is 26.9. The van der Waals surface area contributed by atoms with Gasteiger partial charge in [-0.2, -0.15) is 0 Å². The Kier molecular flexibility index (Phi) is 8.51. The quantitative estimate of drug-likeness (QED) is 0.219. The number of ether oxygens (including phenoxy) is 1. The molecule has 0 aliphatic carbocycles. The Labute approximate surface area is 223 Å². The van der Waals surface area contributed by atoms with Crippen LogP contribution >= 0.6 is 22.7 Å². The van der Waals surface area contributed by atoms with Crippen molar-refractivity contribution in [2.75, 3.05) is 12.9 Å². The predicted molar refractivity (Wildman–Crippen MR) is 149 cm³/mol. The highest BCUT2D eigenvalue weighted by molar-refractivity contribution is 7.93. The number of benzene rings is 1. The molecular weight excluding hydrogens is 533 g/mol. The monoisotopic (exact) mass is 568 g/mol. The number of carbonyl (C=O) groups excluding carboxylic acids is 1. The first-order valence-corrected chi connectivity index (χ1v) is 18.1. The van der Waals surface area contributed by atoms with Crippen molar-refractivity contribution in [2.24, 2.45) is 0 Å². The molecule has 0 spiro atoms. The van der Waals surface area contributed by atoms with E-state index in [-0.39, 0.29) is 33.6 Å². The minimum atomic E-state index is -3.60. The van der Waals surface area contributed by atoms with Crippen LogP contribution < -0.4 is 0 Å². The third-order valence-electron chi connectivity index (χ3n) is 6.89. The van der Waals surface area contributed by atoms with E-state index < -0.39 is 23.6 Å². The Morgan fingerprint density at radius 2 is 1.78 bits per heavy atom. The molecule has 198 valence electrons. The fourth-order valence-corrected chi connectivity index (χ4v) is 8.60. The maximum atomic E-state index is 13.3. The molecule has 0 fully saturated rings. The van der Waals surface area contributed by atoms with Gasteiger partial charge in [0.15, 0.2) is 8.32 Å². The number of para-hydroxylation sites is 1. The highest BCUT2D eigenvalue weighted by Gasteiger charge is 2.44. The summed E-state index contributed by atoms with van der Waals surface area (Å²) in [6.45, 7) is 14.9. The van der Waals surface area contributed by atoms with Gasteiger partial charge in [-0.05, 0) is 36.7 Å². The molecule has 2 heterocycles. The molecule has 0 N–H and O–H groups in total. The van der Waals surface area contributed by atoms with Crippen molar-refractivity contribution in [3.63, 3.8) is 0 Å². The van der Waals surface area contributed by atoms with Gasteiger partial charge < -0.3 is 9.16 Å². The second-order valence-corrected chi connectivity index (χ2v) is 20.0. The molecule has 0 bridgehead atoms. The molecule has 0 aliphatic heterocycles. The maximum absolute atomic E-state index is 13.3. The molecule has 1 unspecified atom stereocenters. The molecule has 11 heteroatoms. The smallest absolute Gasteiger partial charge is 0.311 e. The van der Waals surface area contributed by atoms with E-state index in [4.69, 9.17) is 14.1 Å². The average molecular weight is 569 g/mol. The minimum absolute atomic E-state index is 0.0494. The lowest BCUT2D eigenvalue weighted by atomic mass is 9.86. The highest BCUT2D eigenvalue weighted by atomic mass is 32.2. The van der Waals surface area contributed by atoms with Crippen LogP contribution in [0.1, 0.15) is 51.7 Å². The summed E-state index contributed by atoms with van der Waals surface area (Å²) in [5, 5.41) is 2.61. The number of hydrogen-bond acceptors (Lipinski definition) is 9. The van der Waals surface area contributed by atoms with Crippen LogP contribution in [-0.4, -0.2) is 51.6 Å². The van der Waals surface area contributed by atoms with E-state index in [0.717, 1.165) is 9.71 Å². The summed E-state index contributed by atoms with van der Waals surface area (Å²) in [4.78, 5) is 20.8. The number of nitrogens with zero attached hydrogens (tertiary/aromatic N) is 2. The van der Waals surface area contributed by atoms with E-state index in [2.05, 4.69) is 38.8 Å². The fraction of sp³-hybridized carbons (Fsp3) is 0.560. The van der Waals surface area contributed by atoms with Crippen LogP contribution in [-0.2, 0) is 35.6 Å². The molecule has 0 radical (unpaired) electrons. The Morgan fingerprint density at radius 3 is 2.39 bits per heavy atom. The molecule has 0 amide bonds. The molecule has 0 saturated carbocycles. The summed E-state index contributed by atoms with van der Waals surface area (Å²) in [7, 11) is -4.49. The zero-order valence-corrected chi connectivity index (χ0v) is 25.7. The number of hydrogen-bond donors (Lipinski definition) is 0. The van der Waals surface area contributed by atoms with Crippen LogP contribution in [0.2, 0.25) is 18.1 Å². The van der Waals surface area contributed by atoms with Crippen LogP contribution in [0.4, 0.5) is 0 Å². The van der Waals surface area contributed by atoms with Crippen LogP contribution in [0.15, 0.2) is 34.0 Å². The highest BCUT2D eigenvalue weighted by Crippen LogP contribution is 2.42. The van der Waals surface area contributed by atoms with Crippen LogP contribution in [0, 0.1) is 0 Å². The van der Waals surface area contributed by atoms with Gasteiger partial charge in [0.25, 0.3) is 0 Å². The molecule has 7 nitrogen and oxygen atoms in total. The molecular formula is C25H36N2O5S3Si. The van der Waals surface area contributed by atoms with Gasteiger partial charge >= 0.3 is 5.97 Å². The summed E-state index contributed by atoms with van der Waals surface area (Å²) >= 11 is 2.66. The molecule has 0 aliphatic rings. The van der Waals surface area contributed by atoms with Gasteiger partial charge in [0.2, 0.25) is 14.2 Å². The standard InChI is InChI=1S/C25H36N2O5S3Si/c1-24(2,3)36(7,8)32-20(25(4,5)22-26-17(16-33-22)15-21(28)31-6)13-14-35(29,30)23-27-18-11-9-10-12-19(18)34-23/h9-12,16,20H,13-15H2,1-8H3. The Morgan fingerprint density at radius 1 is 1.11 bits per heavy atom. The number of sulfone groups is 1. The van der Waals surface area contributed by atoms with Crippen molar-refractivity contribution in [1.82, 2.24) is 9.97 Å². The van der Waals surface area contributed by atoms with Crippen LogP contribution in [0.5, 0.6) is 0 Å². The molecule has 2 aromatic heterocycles. The lowest BCUT2D eigenvalue weighted by Crippen LogP contribution is -2.49. The topological polar surface area (TPSA) is 95.5 Å². The van der Waals surface area contributed by atoms with Gasteiger partial charge in [0.1, 0.15) is 5.01 Å². The largest absolute Gasteiger partial charge is 0.469 e. The average Bonchev–Trinajstić information content (AvgIpc) is 3.43. The van der Waals surface area contributed by atoms with Crippen molar-refractivity contribution in [2.45, 2.75) is 81.5 Å². The number of methoxy groups -OCH3 is 1. The van der Waals surface area contributed by atoms with Gasteiger partial charge in [-0.1, -0.05) is 46.8 Å². The Hall–Kier alpha value is -1.66. The molecule has 1 atom stereocenters. The van der Waals surface area contributed by atoms with Crippen molar-refractivity contribution < 1.29 is 22.4 Å². The van der Waals surface area contributed by atoms with Crippen molar-refractivity contribution >= 4 is 57.0 Å². The number of aromatic nitrogens is 2. The number of thiazole rings is 2. The van der Waals surface area contributed by atoms with Gasteiger partial charge in [-0.25, -0.2) is 18.4 Å². The molecule has 36 heavy (non-hydrogen) atoms. The summed E-state index contributed by atoms with van der Waals surface area (Å²) in [5.74, 6) is -0.420. The minimum Gasteiger partial charge on any atom is -0.469 e. The maximum Gasteiger partial charge on any atom is 0.311 e. The first-order valence-electron chi connectivity index (χ1n) is 11.8. The van der Waals surface area contributed by atoms with Gasteiger partial charge in [0, 0.05) is 10.8 Å². The fourth-order valence-electron chi connectivity index (χ4n) is 3.47. The number of rotatable bonds is 10. The Bertz CT molecular complexity index is 1290. The summed E-state index contributed by atoms with van der Waals surface area (Å²) in [6, 6.07) is 7.44. The van der Waals surface area contributed by atoms with E-state index in [1.165, 1.54) is 29.8 Å². The molecule has 3 rings (SSSR count). The normalized spacial score (nSPS) is 14.2. The lowest BCUT2D eigenvalue weighted by Gasteiger charge is -2.43. The third-order valence-corrected chi connectivity index (χ3v) is 15.8. The van der Waals surface area contributed by atoms with Crippen molar-refractivity contribution in [3.8, 4) is 0 Å². The van der Waals surface area contributed by atoms with E-state index in [0.29, 0.717) is 17.6 Å². The Balaban J connectivity index is 1.91. The van der Waals surface area contributed by atoms with E-state index in [9.17, 15) is 13.2 Å². The van der Waals surface area contributed by atoms with Gasteiger partial charge in [-0.3, -0.25) is 4.79 Å². The van der Waals surface area contributed by atoms with E-state index in [1.54, 1.807) is 0 Å². The van der Waals surface area contributed by atoms with E-state index in [1.807, 2.05) is 43.5 Å². The van der Waals surface area contributed by atoms with Gasteiger partial charge in [-0.15, -0.1) is 22.7 Å². The zero-order valence-electron chi connectivity index (χ0n) is 22.2. The first kappa shape index (κ1) is 28.9. The van der Waals surface area contributed by atoms with Crippen molar-refractivity contribution in [3.05, 3.63) is 40.3 Å². The second kappa shape index (κ2) is 10.6. The van der Waals surface area contributed by atoms with Crippen LogP contribution in [0.3, 0.4) is 0 Å². The summed E-state index contributed by atoms with van der Waals surface area (Å²) in [6.07, 6.45) is 0.0200. The van der Waals surface area contributed by atoms with Crippen molar-refractivity contribution in [1.29, 1.82) is 0 Å². The number of esters is 1. The van der Waals surface area contributed by atoms with E-state index >= 15 is 0 Å². The third kappa shape index (κ3) is 6.42.